The Bertz CT molecular complexity index is 1020. The van der Waals surface area contributed by atoms with Gasteiger partial charge in [0.05, 0.1) is 11.3 Å². The molecule has 1 aliphatic rings. The second kappa shape index (κ2) is 7.91. The summed E-state index contributed by atoms with van der Waals surface area (Å²) < 4.78 is 31.7. The number of piperidine rings is 1. The van der Waals surface area contributed by atoms with Crippen molar-refractivity contribution in [2.24, 2.45) is 7.05 Å². The number of halogens is 1. The highest BCUT2D eigenvalue weighted by atomic mass is 79.9. The maximum Gasteiger partial charge on any atom is 0.264 e. The van der Waals surface area contributed by atoms with E-state index in [1.54, 1.807) is 36.4 Å². The third kappa shape index (κ3) is 3.85. The largest absolute Gasteiger partial charge is 0.350 e. The number of nitrogens with one attached hydrogen (secondary N) is 1. The van der Waals surface area contributed by atoms with E-state index in [4.69, 9.17) is 0 Å². The summed E-state index contributed by atoms with van der Waals surface area (Å²) in [5.74, 6) is -0.204. The standard InChI is InChI=1S/C20H26BrN3O3S/c1-13-8-9-17(16(21)12-13)22-28(26,27)19-15(3)23(4)14(2)18(19)20(25)24-10-6-5-7-11-24/h8-9,12,22H,5-7,10-11H2,1-4H3. The minimum absolute atomic E-state index is 0.0653. The second-order valence-corrected chi connectivity index (χ2v) is 9.85. The van der Waals surface area contributed by atoms with Gasteiger partial charge >= 0.3 is 0 Å². The molecule has 1 fully saturated rings. The first kappa shape index (κ1) is 20.9. The van der Waals surface area contributed by atoms with Gasteiger partial charge in [-0.1, -0.05) is 6.07 Å². The van der Waals surface area contributed by atoms with Gasteiger partial charge in [-0.2, -0.15) is 0 Å². The molecule has 152 valence electrons. The number of sulfonamides is 1. The van der Waals surface area contributed by atoms with Gasteiger partial charge < -0.3 is 9.47 Å². The Hall–Kier alpha value is -1.80. The van der Waals surface area contributed by atoms with Crippen LogP contribution in [0.25, 0.3) is 0 Å². The number of rotatable bonds is 4. The zero-order chi connectivity index (χ0) is 20.6. The van der Waals surface area contributed by atoms with Crippen LogP contribution in [0.3, 0.4) is 0 Å². The molecule has 0 spiro atoms. The van der Waals surface area contributed by atoms with Crippen LogP contribution in [-0.2, 0) is 17.1 Å². The van der Waals surface area contributed by atoms with Crippen LogP contribution < -0.4 is 4.72 Å². The van der Waals surface area contributed by atoms with E-state index in [1.807, 2.05) is 19.1 Å². The van der Waals surface area contributed by atoms with E-state index < -0.39 is 10.0 Å². The summed E-state index contributed by atoms with van der Waals surface area (Å²) in [4.78, 5) is 15.1. The maximum absolute atomic E-state index is 13.3. The number of nitrogens with zero attached hydrogens (tertiary/aromatic N) is 2. The molecule has 1 N–H and O–H groups in total. The number of hydrogen-bond acceptors (Lipinski definition) is 3. The van der Waals surface area contributed by atoms with Crippen molar-refractivity contribution in [1.82, 2.24) is 9.47 Å². The van der Waals surface area contributed by atoms with Crippen molar-refractivity contribution in [3.8, 4) is 0 Å². The average Bonchev–Trinajstić information content (AvgIpc) is 2.89. The highest BCUT2D eigenvalue weighted by Crippen LogP contribution is 2.32. The quantitative estimate of drug-likeness (QED) is 0.733. The first-order chi connectivity index (χ1) is 13.1. The van der Waals surface area contributed by atoms with Crippen LogP contribution in [0.5, 0.6) is 0 Å². The number of benzene rings is 1. The summed E-state index contributed by atoms with van der Waals surface area (Å²) >= 11 is 3.41. The fourth-order valence-corrected chi connectivity index (χ4v) is 5.97. The van der Waals surface area contributed by atoms with Gasteiger partial charge in [-0.25, -0.2) is 8.42 Å². The molecule has 0 bridgehead atoms. The Morgan fingerprint density at radius 2 is 1.71 bits per heavy atom. The predicted octanol–water partition coefficient (Wildman–Crippen LogP) is 4.14. The van der Waals surface area contributed by atoms with Gasteiger partial charge in [-0.3, -0.25) is 9.52 Å². The van der Waals surface area contributed by atoms with Crippen molar-refractivity contribution in [1.29, 1.82) is 0 Å². The van der Waals surface area contributed by atoms with Crippen LogP contribution in [0, 0.1) is 20.8 Å². The molecule has 0 atom stereocenters. The molecule has 2 heterocycles. The molecule has 1 aromatic carbocycles. The summed E-state index contributed by atoms with van der Waals surface area (Å²) in [7, 11) is -2.15. The summed E-state index contributed by atoms with van der Waals surface area (Å²) in [6.07, 6.45) is 3.01. The third-order valence-corrected chi connectivity index (χ3v) is 7.60. The van der Waals surface area contributed by atoms with E-state index in [9.17, 15) is 13.2 Å². The van der Waals surface area contributed by atoms with Gasteiger partial charge in [0.15, 0.2) is 0 Å². The fraction of sp³-hybridized carbons (Fsp3) is 0.450. The van der Waals surface area contributed by atoms with Gasteiger partial charge in [0.25, 0.3) is 15.9 Å². The van der Waals surface area contributed by atoms with Gasteiger partial charge in [0, 0.05) is 36.0 Å². The number of amides is 1. The molecule has 1 saturated heterocycles. The zero-order valence-electron chi connectivity index (χ0n) is 16.7. The molecule has 3 rings (SSSR count). The van der Waals surface area contributed by atoms with E-state index in [0.717, 1.165) is 24.8 Å². The van der Waals surface area contributed by atoms with E-state index in [0.29, 0.717) is 34.6 Å². The highest BCUT2D eigenvalue weighted by Gasteiger charge is 2.33. The molecule has 0 unspecified atom stereocenters. The van der Waals surface area contributed by atoms with Crippen molar-refractivity contribution >= 4 is 37.5 Å². The summed E-state index contributed by atoms with van der Waals surface area (Å²) in [5, 5.41) is 0. The minimum atomic E-state index is -3.94. The minimum Gasteiger partial charge on any atom is -0.350 e. The van der Waals surface area contributed by atoms with Crippen LogP contribution in [0.2, 0.25) is 0 Å². The van der Waals surface area contributed by atoms with Gasteiger partial charge in [-0.05, 0) is 73.7 Å². The predicted molar refractivity (Wildman–Crippen MR) is 114 cm³/mol. The van der Waals surface area contributed by atoms with Gasteiger partial charge in [0.1, 0.15) is 4.90 Å². The average molecular weight is 468 g/mol. The number of aromatic nitrogens is 1. The topological polar surface area (TPSA) is 71.4 Å². The maximum atomic E-state index is 13.3. The first-order valence-electron chi connectivity index (χ1n) is 9.37. The molecule has 6 nitrogen and oxygen atoms in total. The molecule has 0 saturated carbocycles. The second-order valence-electron chi connectivity index (χ2n) is 7.38. The molecule has 8 heteroatoms. The molecule has 0 aliphatic carbocycles. The van der Waals surface area contributed by atoms with E-state index in [-0.39, 0.29) is 16.4 Å². The molecule has 0 radical (unpaired) electrons. The van der Waals surface area contributed by atoms with Gasteiger partial charge in [0.2, 0.25) is 0 Å². The molecule has 1 amide bonds. The smallest absolute Gasteiger partial charge is 0.264 e. The number of anilines is 1. The first-order valence-corrected chi connectivity index (χ1v) is 11.6. The molecular formula is C20H26BrN3O3S. The number of carbonyl (C=O) groups is 1. The Labute approximate surface area is 175 Å². The van der Waals surface area contributed by atoms with Crippen LogP contribution in [0.4, 0.5) is 5.69 Å². The summed E-state index contributed by atoms with van der Waals surface area (Å²) in [6, 6.07) is 5.40. The Morgan fingerprint density at radius 1 is 1.07 bits per heavy atom. The van der Waals surface area contributed by atoms with Crippen molar-refractivity contribution < 1.29 is 13.2 Å². The van der Waals surface area contributed by atoms with Crippen molar-refractivity contribution in [2.75, 3.05) is 17.8 Å². The summed E-state index contributed by atoms with van der Waals surface area (Å²) in [6.45, 7) is 6.80. The van der Waals surface area contributed by atoms with E-state index in [2.05, 4.69) is 20.7 Å². The molecule has 1 aromatic heterocycles. The lowest BCUT2D eigenvalue weighted by Crippen LogP contribution is -2.36. The number of likely N-dealkylation sites (tertiary alicyclic amines) is 1. The lowest BCUT2D eigenvalue weighted by Gasteiger charge is -2.27. The number of aryl methyl sites for hydroxylation is 1. The number of carbonyl (C=O) groups excluding carboxylic acids is 1. The number of hydrogen-bond donors (Lipinski definition) is 1. The lowest BCUT2D eigenvalue weighted by molar-refractivity contribution is 0.0720. The Balaban J connectivity index is 2.07. The molecule has 2 aromatic rings. The third-order valence-electron chi connectivity index (χ3n) is 5.42. The van der Waals surface area contributed by atoms with Crippen LogP contribution >= 0.6 is 15.9 Å². The van der Waals surface area contributed by atoms with Crippen LogP contribution in [0.1, 0.15) is 46.6 Å². The van der Waals surface area contributed by atoms with E-state index in [1.165, 1.54) is 0 Å². The monoisotopic (exact) mass is 467 g/mol. The van der Waals surface area contributed by atoms with E-state index >= 15 is 0 Å². The van der Waals surface area contributed by atoms with Crippen LogP contribution in [-0.4, -0.2) is 36.9 Å². The zero-order valence-corrected chi connectivity index (χ0v) is 19.1. The van der Waals surface area contributed by atoms with Crippen LogP contribution in [0.15, 0.2) is 27.6 Å². The summed E-state index contributed by atoms with van der Waals surface area (Å²) in [5.41, 5.74) is 2.95. The van der Waals surface area contributed by atoms with Gasteiger partial charge in [-0.15, -0.1) is 0 Å². The Kier molecular flexibility index (Phi) is 5.91. The molecular weight excluding hydrogens is 442 g/mol. The normalized spacial score (nSPS) is 15.0. The fourth-order valence-electron chi connectivity index (χ4n) is 3.65. The van der Waals surface area contributed by atoms with Crippen molar-refractivity contribution in [2.45, 2.75) is 44.9 Å². The van der Waals surface area contributed by atoms with Crippen molar-refractivity contribution in [3.05, 3.63) is 45.2 Å². The molecule has 28 heavy (non-hydrogen) atoms. The Morgan fingerprint density at radius 3 is 2.32 bits per heavy atom. The highest BCUT2D eigenvalue weighted by molar-refractivity contribution is 9.10. The molecule has 1 aliphatic heterocycles. The lowest BCUT2D eigenvalue weighted by atomic mass is 10.1. The van der Waals surface area contributed by atoms with Crippen molar-refractivity contribution in [3.63, 3.8) is 0 Å². The SMILES string of the molecule is Cc1ccc(NS(=O)(=O)c2c(C(=O)N3CCCCC3)c(C)n(C)c2C)c(Br)c1.